The summed E-state index contributed by atoms with van der Waals surface area (Å²) in [5.41, 5.74) is 2.99. The zero-order valence-electron chi connectivity index (χ0n) is 15.2. The molecule has 0 aliphatic carbocycles. The van der Waals surface area contributed by atoms with Gasteiger partial charge in [-0.2, -0.15) is 4.31 Å². The van der Waals surface area contributed by atoms with Crippen molar-refractivity contribution in [3.8, 4) is 0 Å². The summed E-state index contributed by atoms with van der Waals surface area (Å²) in [7, 11) is -3.59. The standard InChI is InChI=1S/C20H24N2O3S/c1-3-22(14-17-7-5-4-6-8-17)26(24,25)20-10-9-18-11-12-21(16(2)23)15-19(18)13-20/h4-10,13H,3,11-12,14-15H2,1-2H3. The molecule has 0 fully saturated rings. The van der Waals surface area contributed by atoms with Gasteiger partial charge in [-0.25, -0.2) is 8.42 Å². The van der Waals surface area contributed by atoms with Crippen molar-refractivity contribution in [2.24, 2.45) is 0 Å². The Morgan fingerprint density at radius 3 is 2.50 bits per heavy atom. The van der Waals surface area contributed by atoms with Crippen molar-refractivity contribution < 1.29 is 13.2 Å². The number of benzene rings is 2. The topological polar surface area (TPSA) is 57.7 Å². The molecule has 0 aromatic heterocycles. The van der Waals surface area contributed by atoms with Gasteiger partial charge in [0.25, 0.3) is 0 Å². The second-order valence-corrected chi connectivity index (χ2v) is 8.48. The smallest absolute Gasteiger partial charge is 0.243 e. The van der Waals surface area contributed by atoms with E-state index in [1.54, 1.807) is 24.0 Å². The molecular formula is C20H24N2O3S. The van der Waals surface area contributed by atoms with Gasteiger partial charge < -0.3 is 4.90 Å². The minimum absolute atomic E-state index is 0.0168. The number of hydrogen-bond donors (Lipinski definition) is 0. The predicted molar refractivity (Wildman–Crippen MR) is 101 cm³/mol. The molecule has 0 saturated carbocycles. The van der Waals surface area contributed by atoms with Crippen molar-refractivity contribution >= 4 is 15.9 Å². The third-order valence-electron chi connectivity index (χ3n) is 4.83. The number of nitrogens with zero attached hydrogens (tertiary/aromatic N) is 2. The van der Waals surface area contributed by atoms with Crippen LogP contribution in [0.15, 0.2) is 53.4 Å². The van der Waals surface area contributed by atoms with Gasteiger partial charge in [0, 0.05) is 33.1 Å². The maximum atomic E-state index is 13.1. The van der Waals surface area contributed by atoms with E-state index in [2.05, 4.69) is 0 Å². The highest BCUT2D eigenvalue weighted by Gasteiger charge is 2.26. The molecule has 26 heavy (non-hydrogen) atoms. The molecule has 6 heteroatoms. The van der Waals surface area contributed by atoms with Gasteiger partial charge in [0.2, 0.25) is 15.9 Å². The number of hydrogen-bond acceptors (Lipinski definition) is 3. The van der Waals surface area contributed by atoms with Crippen LogP contribution < -0.4 is 0 Å². The van der Waals surface area contributed by atoms with Crippen molar-refractivity contribution in [3.63, 3.8) is 0 Å². The lowest BCUT2D eigenvalue weighted by Gasteiger charge is -2.29. The highest BCUT2D eigenvalue weighted by Crippen LogP contribution is 2.25. The summed E-state index contributed by atoms with van der Waals surface area (Å²) in [6, 6.07) is 14.9. The van der Waals surface area contributed by atoms with Crippen LogP contribution in [0.5, 0.6) is 0 Å². The first kappa shape index (κ1) is 18.6. The van der Waals surface area contributed by atoms with E-state index in [4.69, 9.17) is 0 Å². The molecule has 0 radical (unpaired) electrons. The van der Waals surface area contributed by atoms with E-state index < -0.39 is 10.0 Å². The highest BCUT2D eigenvalue weighted by molar-refractivity contribution is 7.89. The maximum Gasteiger partial charge on any atom is 0.243 e. The lowest BCUT2D eigenvalue weighted by molar-refractivity contribution is -0.129. The minimum Gasteiger partial charge on any atom is -0.338 e. The van der Waals surface area contributed by atoms with Crippen LogP contribution in [0.2, 0.25) is 0 Å². The van der Waals surface area contributed by atoms with E-state index in [9.17, 15) is 13.2 Å². The molecule has 1 heterocycles. The van der Waals surface area contributed by atoms with Gasteiger partial charge >= 0.3 is 0 Å². The van der Waals surface area contributed by atoms with Gasteiger partial charge in [-0.1, -0.05) is 43.3 Å². The van der Waals surface area contributed by atoms with Gasteiger partial charge in [0.15, 0.2) is 0 Å². The molecule has 0 saturated heterocycles. The summed E-state index contributed by atoms with van der Waals surface area (Å²) < 4.78 is 27.7. The molecule has 1 amide bonds. The minimum atomic E-state index is -3.59. The van der Waals surface area contributed by atoms with Gasteiger partial charge in [-0.05, 0) is 35.2 Å². The van der Waals surface area contributed by atoms with Crippen LogP contribution in [0.3, 0.4) is 0 Å². The molecule has 1 aliphatic rings. The first-order chi connectivity index (χ1) is 12.4. The van der Waals surface area contributed by atoms with Crippen molar-refractivity contribution in [1.82, 2.24) is 9.21 Å². The van der Waals surface area contributed by atoms with Crippen molar-refractivity contribution in [2.45, 2.75) is 38.3 Å². The molecule has 5 nitrogen and oxygen atoms in total. The van der Waals surface area contributed by atoms with Crippen LogP contribution in [-0.2, 0) is 34.3 Å². The lowest BCUT2D eigenvalue weighted by Crippen LogP contribution is -2.35. The molecule has 0 unspecified atom stereocenters. The Balaban J connectivity index is 1.89. The number of fused-ring (bicyclic) bond motifs is 1. The third kappa shape index (κ3) is 3.81. The Kier molecular flexibility index (Phi) is 5.44. The average molecular weight is 372 g/mol. The van der Waals surface area contributed by atoms with E-state index in [1.165, 1.54) is 4.31 Å². The monoisotopic (exact) mass is 372 g/mol. The van der Waals surface area contributed by atoms with Crippen LogP contribution >= 0.6 is 0 Å². The van der Waals surface area contributed by atoms with Gasteiger partial charge in [-0.3, -0.25) is 4.79 Å². The first-order valence-corrected chi connectivity index (χ1v) is 10.3. The fourth-order valence-corrected chi connectivity index (χ4v) is 4.75. The summed E-state index contributed by atoms with van der Waals surface area (Å²) >= 11 is 0. The molecule has 2 aromatic rings. The van der Waals surface area contributed by atoms with Crippen LogP contribution in [0.4, 0.5) is 0 Å². The number of amides is 1. The van der Waals surface area contributed by atoms with Crippen LogP contribution in [0, 0.1) is 0 Å². The maximum absolute atomic E-state index is 13.1. The molecule has 3 rings (SSSR count). The molecule has 0 spiro atoms. The number of rotatable bonds is 5. The molecule has 0 atom stereocenters. The van der Waals surface area contributed by atoms with E-state index in [1.807, 2.05) is 43.3 Å². The van der Waals surface area contributed by atoms with Crippen LogP contribution in [-0.4, -0.2) is 36.6 Å². The van der Waals surface area contributed by atoms with E-state index >= 15 is 0 Å². The summed E-state index contributed by atoms with van der Waals surface area (Å²) in [5.74, 6) is 0.0168. The Morgan fingerprint density at radius 1 is 1.12 bits per heavy atom. The first-order valence-electron chi connectivity index (χ1n) is 8.83. The normalized spacial score (nSPS) is 14.3. The number of sulfonamides is 1. The number of carbonyl (C=O) groups is 1. The zero-order chi connectivity index (χ0) is 18.7. The van der Waals surface area contributed by atoms with Gasteiger partial charge in [0.1, 0.15) is 0 Å². The van der Waals surface area contributed by atoms with Gasteiger partial charge in [0.05, 0.1) is 4.90 Å². The SMILES string of the molecule is CCN(Cc1ccccc1)S(=O)(=O)c1ccc2c(c1)CN(C(C)=O)CC2. The summed E-state index contributed by atoms with van der Waals surface area (Å²) in [6.07, 6.45) is 0.761. The van der Waals surface area contributed by atoms with Crippen LogP contribution in [0.25, 0.3) is 0 Å². The molecule has 0 bridgehead atoms. The largest absolute Gasteiger partial charge is 0.338 e. The second kappa shape index (κ2) is 7.60. The third-order valence-corrected chi connectivity index (χ3v) is 6.74. The fourth-order valence-electron chi connectivity index (χ4n) is 3.27. The Hall–Kier alpha value is -2.18. The van der Waals surface area contributed by atoms with Crippen molar-refractivity contribution in [1.29, 1.82) is 0 Å². The Morgan fingerprint density at radius 2 is 1.85 bits per heavy atom. The second-order valence-electron chi connectivity index (χ2n) is 6.54. The predicted octanol–water partition coefficient (Wildman–Crippen LogP) is 2.80. The number of carbonyl (C=O) groups excluding carboxylic acids is 1. The molecular weight excluding hydrogens is 348 g/mol. The fraction of sp³-hybridized carbons (Fsp3) is 0.350. The summed E-state index contributed by atoms with van der Waals surface area (Å²) in [5, 5.41) is 0. The Labute approximate surface area is 155 Å². The van der Waals surface area contributed by atoms with Crippen LogP contribution in [0.1, 0.15) is 30.5 Å². The molecule has 138 valence electrons. The Bertz CT molecular complexity index is 895. The van der Waals surface area contributed by atoms with Crippen molar-refractivity contribution in [2.75, 3.05) is 13.1 Å². The van der Waals surface area contributed by atoms with E-state index in [0.29, 0.717) is 31.1 Å². The van der Waals surface area contributed by atoms with E-state index in [-0.39, 0.29) is 5.91 Å². The average Bonchev–Trinajstić information content (AvgIpc) is 2.65. The lowest BCUT2D eigenvalue weighted by atomic mass is 10.00. The summed E-state index contributed by atoms with van der Waals surface area (Å²) in [6.45, 7) is 5.28. The van der Waals surface area contributed by atoms with E-state index in [0.717, 1.165) is 23.1 Å². The molecule has 2 aromatic carbocycles. The zero-order valence-corrected chi connectivity index (χ0v) is 16.0. The molecule has 0 N–H and O–H groups in total. The summed E-state index contributed by atoms with van der Waals surface area (Å²) in [4.78, 5) is 13.7. The quantitative estimate of drug-likeness (QED) is 0.811. The van der Waals surface area contributed by atoms with Crippen molar-refractivity contribution in [3.05, 3.63) is 65.2 Å². The van der Waals surface area contributed by atoms with Gasteiger partial charge in [-0.15, -0.1) is 0 Å². The molecule has 1 aliphatic heterocycles. The highest BCUT2D eigenvalue weighted by atomic mass is 32.2.